The van der Waals surface area contributed by atoms with Gasteiger partial charge < -0.3 is 10.2 Å². The van der Waals surface area contributed by atoms with Crippen LogP contribution in [0.5, 0.6) is 0 Å². The molecule has 1 aromatic carbocycles. The van der Waals surface area contributed by atoms with E-state index in [4.69, 9.17) is 0 Å². The maximum Gasteiger partial charge on any atom is 0.164 e. The van der Waals surface area contributed by atoms with E-state index in [1.807, 2.05) is 47.4 Å². The molecule has 1 N–H and O–H groups in total. The molecule has 1 saturated heterocycles. The van der Waals surface area contributed by atoms with E-state index in [0.717, 1.165) is 42.9 Å². The summed E-state index contributed by atoms with van der Waals surface area (Å²) in [6.07, 6.45) is 3.80. The molecule has 4 rings (SSSR count). The summed E-state index contributed by atoms with van der Waals surface area (Å²) in [5.41, 5.74) is 3.18. The average Bonchev–Trinajstić information content (AvgIpc) is 3.00. The first-order valence-electron chi connectivity index (χ1n) is 7.27. The summed E-state index contributed by atoms with van der Waals surface area (Å²) in [7, 11) is 0. The van der Waals surface area contributed by atoms with Crippen molar-refractivity contribution >= 4 is 16.7 Å². The van der Waals surface area contributed by atoms with Crippen LogP contribution in [0.3, 0.4) is 0 Å². The topological polar surface area (TPSA) is 46.0 Å². The van der Waals surface area contributed by atoms with Crippen molar-refractivity contribution in [2.45, 2.75) is 0 Å². The van der Waals surface area contributed by atoms with Crippen molar-refractivity contribution in [2.75, 3.05) is 31.1 Å². The van der Waals surface area contributed by atoms with Gasteiger partial charge >= 0.3 is 0 Å². The van der Waals surface area contributed by atoms with Crippen LogP contribution in [0.4, 0.5) is 5.69 Å². The third-order valence-corrected chi connectivity index (χ3v) is 3.91. The predicted molar refractivity (Wildman–Crippen MR) is 83.9 cm³/mol. The van der Waals surface area contributed by atoms with Gasteiger partial charge in [0.2, 0.25) is 0 Å². The lowest BCUT2D eigenvalue weighted by atomic mass is 10.2. The zero-order chi connectivity index (χ0) is 14.1. The molecule has 0 aliphatic carbocycles. The molecule has 3 aromatic rings. The van der Waals surface area contributed by atoms with E-state index in [9.17, 15) is 0 Å². The molecule has 0 atom stereocenters. The number of piperazine rings is 1. The smallest absolute Gasteiger partial charge is 0.164 e. The van der Waals surface area contributed by atoms with Gasteiger partial charge in [0.15, 0.2) is 5.65 Å². The zero-order valence-corrected chi connectivity index (χ0v) is 11.7. The standard InChI is InChI=1S/C16H17N5/c1-2-4-13(5-3-1)21-16-14(12-19-21)15(6-7-18-16)20-10-8-17-9-11-20/h1-7,12,17H,8-11H2. The van der Waals surface area contributed by atoms with Gasteiger partial charge in [0.25, 0.3) is 0 Å². The van der Waals surface area contributed by atoms with Crippen LogP contribution in [-0.2, 0) is 0 Å². The molecule has 1 fully saturated rings. The van der Waals surface area contributed by atoms with Gasteiger partial charge in [-0.3, -0.25) is 0 Å². The summed E-state index contributed by atoms with van der Waals surface area (Å²) in [6, 6.07) is 12.2. The van der Waals surface area contributed by atoms with Crippen molar-refractivity contribution in [3.8, 4) is 5.69 Å². The van der Waals surface area contributed by atoms with E-state index >= 15 is 0 Å². The Labute approximate surface area is 123 Å². The van der Waals surface area contributed by atoms with Crippen LogP contribution in [0.15, 0.2) is 48.8 Å². The van der Waals surface area contributed by atoms with E-state index in [1.54, 1.807) is 0 Å². The highest BCUT2D eigenvalue weighted by Crippen LogP contribution is 2.26. The molecule has 0 saturated carbocycles. The number of pyridine rings is 1. The maximum absolute atomic E-state index is 4.53. The third-order valence-electron chi connectivity index (χ3n) is 3.91. The lowest BCUT2D eigenvalue weighted by molar-refractivity contribution is 0.590. The fourth-order valence-electron chi connectivity index (χ4n) is 2.85. The molecule has 0 spiro atoms. The molecule has 106 valence electrons. The fourth-order valence-corrected chi connectivity index (χ4v) is 2.85. The van der Waals surface area contributed by atoms with E-state index in [0.29, 0.717) is 0 Å². The Hall–Kier alpha value is -2.40. The Morgan fingerprint density at radius 2 is 1.81 bits per heavy atom. The number of hydrogen-bond acceptors (Lipinski definition) is 4. The second kappa shape index (κ2) is 5.18. The number of hydrogen-bond donors (Lipinski definition) is 1. The number of para-hydroxylation sites is 1. The Morgan fingerprint density at radius 3 is 2.62 bits per heavy atom. The zero-order valence-electron chi connectivity index (χ0n) is 11.7. The number of aromatic nitrogens is 3. The summed E-state index contributed by atoms with van der Waals surface area (Å²) < 4.78 is 1.90. The summed E-state index contributed by atoms with van der Waals surface area (Å²) in [5.74, 6) is 0. The van der Waals surface area contributed by atoms with Crippen molar-refractivity contribution in [3.05, 3.63) is 48.8 Å². The number of rotatable bonds is 2. The molecule has 1 aliphatic heterocycles. The lowest BCUT2D eigenvalue weighted by Crippen LogP contribution is -2.43. The minimum Gasteiger partial charge on any atom is -0.368 e. The molecule has 0 amide bonds. The summed E-state index contributed by atoms with van der Waals surface area (Å²) in [4.78, 5) is 6.93. The van der Waals surface area contributed by atoms with Crippen molar-refractivity contribution in [1.29, 1.82) is 0 Å². The van der Waals surface area contributed by atoms with Crippen LogP contribution < -0.4 is 10.2 Å². The van der Waals surface area contributed by atoms with Gasteiger partial charge in [0.1, 0.15) is 0 Å². The van der Waals surface area contributed by atoms with Gasteiger partial charge in [-0.25, -0.2) is 9.67 Å². The van der Waals surface area contributed by atoms with Gasteiger partial charge in [-0.15, -0.1) is 0 Å². The van der Waals surface area contributed by atoms with Crippen LogP contribution in [0.1, 0.15) is 0 Å². The van der Waals surface area contributed by atoms with Crippen LogP contribution in [0, 0.1) is 0 Å². The lowest BCUT2D eigenvalue weighted by Gasteiger charge is -2.29. The molecule has 0 bridgehead atoms. The van der Waals surface area contributed by atoms with Crippen molar-refractivity contribution < 1.29 is 0 Å². The van der Waals surface area contributed by atoms with Crippen molar-refractivity contribution in [3.63, 3.8) is 0 Å². The first kappa shape index (κ1) is 12.3. The van der Waals surface area contributed by atoms with Gasteiger partial charge in [-0.1, -0.05) is 18.2 Å². The SMILES string of the molecule is c1ccc(-n2ncc3c(N4CCNCC4)ccnc32)cc1. The quantitative estimate of drug-likeness (QED) is 0.777. The molecule has 5 heteroatoms. The monoisotopic (exact) mass is 279 g/mol. The fraction of sp³-hybridized carbons (Fsp3) is 0.250. The van der Waals surface area contributed by atoms with E-state index in [-0.39, 0.29) is 0 Å². The van der Waals surface area contributed by atoms with E-state index < -0.39 is 0 Å². The van der Waals surface area contributed by atoms with Crippen LogP contribution >= 0.6 is 0 Å². The minimum absolute atomic E-state index is 0.914. The number of benzene rings is 1. The van der Waals surface area contributed by atoms with Crippen LogP contribution in [0.25, 0.3) is 16.7 Å². The Kier molecular flexibility index (Phi) is 3.05. The highest BCUT2D eigenvalue weighted by Gasteiger charge is 2.16. The van der Waals surface area contributed by atoms with Crippen molar-refractivity contribution in [1.82, 2.24) is 20.1 Å². The first-order valence-corrected chi connectivity index (χ1v) is 7.27. The predicted octanol–water partition coefficient (Wildman–Crippen LogP) is 1.83. The number of nitrogens with one attached hydrogen (secondary N) is 1. The Morgan fingerprint density at radius 1 is 1.00 bits per heavy atom. The van der Waals surface area contributed by atoms with Gasteiger partial charge in [-0.2, -0.15) is 5.10 Å². The summed E-state index contributed by atoms with van der Waals surface area (Å²) >= 11 is 0. The van der Waals surface area contributed by atoms with Gasteiger partial charge in [0, 0.05) is 32.4 Å². The minimum atomic E-state index is 0.914. The highest BCUT2D eigenvalue weighted by atomic mass is 15.3. The van der Waals surface area contributed by atoms with Crippen molar-refractivity contribution in [2.24, 2.45) is 0 Å². The summed E-state index contributed by atoms with van der Waals surface area (Å²) in [6.45, 7) is 4.10. The molecule has 1 aliphatic rings. The Bertz CT molecular complexity index is 744. The largest absolute Gasteiger partial charge is 0.368 e. The molecule has 3 heterocycles. The second-order valence-electron chi connectivity index (χ2n) is 5.20. The molecule has 5 nitrogen and oxygen atoms in total. The third kappa shape index (κ3) is 2.15. The molecule has 21 heavy (non-hydrogen) atoms. The highest BCUT2D eigenvalue weighted by molar-refractivity contribution is 5.90. The van der Waals surface area contributed by atoms with Crippen LogP contribution in [-0.4, -0.2) is 40.9 Å². The van der Waals surface area contributed by atoms with E-state index in [2.05, 4.69) is 26.4 Å². The first-order chi connectivity index (χ1) is 10.4. The molecule has 0 unspecified atom stereocenters. The average molecular weight is 279 g/mol. The molecule has 2 aromatic heterocycles. The Balaban J connectivity index is 1.83. The molecular formula is C16H17N5. The number of nitrogens with zero attached hydrogens (tertiary/aromatic N) is 4. The number of anilines is 1. The van der Waals surface area contributed by atoms with Crippen LogP contribution in [0.2, 0.25) is 0 Å². The summed E-state index contributed by atoms with van der Waals surface area (Å²) in [5, 5.41) is 9.03. The van der Waals surface area contributed by atoms with Gasteiger partial charge in [-0.05, 0) is 18.2 Å². The normalized spacial score (nSPS) is 15.5. The van der Waals surface area contributed by atoms with Gasteiger partial charge in [0.05, 0.1) is 23.0 Å². The van der Waals surface area contributed by atoms with E-state index in [1.165, 1.54) is 5.69 Å². The maximum atomic E-state index is 4.53. The molecular weight excluding hydrogens is 262 g/mol. The molecule has 0 radical (unpaired) electrons. The second-order valence-corrected chi connectivity index (χ2v) is 5.20. The number of fused-ring (bicyclic) bond motifs is 1.